The Bertz CT molecular complexity index is 1260. The van der Waals surface area contributed by atoms with Crippen molar-refractivity contribution in [1.29, 1.82) is 0 Å². The van der Waals surface area contributed by atoms with Crippen LogP contribution >= 0.6 is 0 Å². The maximum Gasteiger partial charge on any atom is 0.439 e. The molecule has 0 saturated heterocycles. The van der Waals surface area contributed by atoms with Crippen molar-refractivity contribution in [3.05, 3.63) is 16.4 Å². The molecule has 9 nitrogen and oxygen atoms in total. The topological polar surface area (TPSA) is 115 Å². The summed E-state index contributed by atoms with van der Waals surface area (Å²) in [7, 11) is 0. The monoisotopic (exact) mass is 483 g/mol. The highest BCUT2D eigenvalue weighted by Crippen LogP contribution is 2.46. The summed E-state index contributed by atoms with van der Waals surface area (Å²) in [4.78, 5) is 28.3. The number of halogens is 1. The Hall–Kier alpha value is -2.78. The van der Waals surface area contributed by atoms with E-state index < -0.39 is 11.4 Å². The molecule has 3 aromatic heterocycles. The maximum absolute atomic E-state index is 15.9. The molecule has 3 aliphatic carbocycles. The highest BCUT2D eigenvalue weighted by molar-refractivity contribution is 5.86. The fraction of sp³-hybridized carbons (Fsp3) is 0.720. The first-order chi connectivity index (χ1) is 16.9. The van der Waals surface area contributed by atoms with Crippen LogP contribution in [0.4, 0.5) is 10.2 Å². The number of aromatic amines is 1. The van der Waals surface area contributed by atoms with E-state index in [1.165, 1.54) is 32.1 Å². The molecule has 3 aromatic rings. The molecule has 0 aliphatic heterocycles. The Kier molecular flexibility index (Phi) is 5.64. The molecule has 188 valence electrons. The lowest BCUT2D eigenvalue weighted by atomic mass is 9.80. The molecule has 3 aliphatic rings. The smallest absolute Gasteiger partial charge is 0.365 e. The van der Waals surface area contributed by atoms with Gasteiger partial charge in [0.05, 0.1) is 0 Å². The molecule has 0 spiro atoms. The van der Waals surface area contributed by atoms with Crippen LogP contribution in [0.1, 0.15) is 83.9 Å². The summed E-state index contributed by atoms with van der Waals surface area (Å²) in [6.07, 6.45) is 10.1. The summed E-state index contributed by atoms with van der Waals surface area (Å²) in [6, 6.07) is 0.205. The third kappa shape index (κ3) is 4.14. The van der Waals surface area contributed by atoms with E-state index in [1.54, 1.807) is 0 Å². The molecular formula is C25H34FN7O2. The summed E-state index contributed by atoms with van der Waals surface area (Å²) < 4.78 is 22.7. The van der Waals surface area contributed by atoms with Crippen LogP contribution in [0.25, 0.3) is 22.8 Å². The van der Waals surface area contributed by atoms with Crippen LogP contribution < -0.4 is 11.1 Å². The van der Waals surface area contributed by atoms with Crippen molar-refractivity contribution >= 4 is 17.0 Å². The van der Waals surface area contributed by atoms with E-state index in [9.17, 15) is 4.79 Å². The summed E-state index contributed by atoms with van der Waals surface area (Å²) in [5, 5.41) is 7.38. The number of nitrogens with one attached hydrogen (secondary N) is 2. The molecule has 3 fully saturated rings. The van der Waals surface area contributed by atoms with Crippen molar-refractivity contribution in [2.75, 3.05) is 5.32 Å². The van der Waals surface area contributed by atoms with E-state index in [1.807, 2.05) is 0 Å². The number of hydrogen-bond acceptors (Lipinski definition) is 7. The molecule has 6 rings (SSSR count). The van der Waals surface area contributed by atoms with E-state index in [4.69, 9.17) is 9.97 Å². The Balaban J connectivity index is 1.48. The van der Waals surface area contributed by atoms with Crippen LogP contribution in [0.2, 0.25) is 0 Å². The molecule has 0 radical (unpaired) electrons. The van der Waals surface area contributed by atoms with Gasteiger partial charge in [0.2, 0.25) is 11.6 Å². The van der Waals surface area contributed by atoms with Gasteiger partial charge in [-0.15, -0.1) is 0 Å². The standard InChI is InChI=1S/C25H34FN7O2/c1-14-7-9-16(10-8-14)13-33-18-19(27-15(2)17-5-3-6-17)28-21(22-31-24(34)35-32-22)29-20(18)30-23(33)25(26)11-4-12-25/h14-17H,3-13H2,1-2H3,(H,27,28,29)(H,31,32,34)/t14?,15-,16?/m1/s1. The van der Waals surface area contributed by atoms with Gasteiger partial charge in [-0.05, 0) is 69.6 Å². The van der Waals surface area contributed by atoms with Crippen molar-refractivity contribution in [3.8, 4) is 11.6 Å². The molecule has 0 bridgehead atoms. The molecule has 0 amide bonds. The molecular weight excluding hydrogens is 449 g/mol. The van der Waals surface area contributed by atoms with Crippen LogP contribution in [0, 0.1) is 17.8 Å². The first-order valence-electron chi connectivity index (χ1n) is 13.2. The minimum atomic E-state index is -1.43. The highest BCUT2D eigenvalue weighted by atomic mass is 19.1. The lowest BCUT2D eigenvalue weighted by molar-refractivity contribution is 0.0458. The lowest BCUT2D eigenvalue weighted by Gasteiger charge is -2.35. The van der Waals surface area contributed by atoms with Gasteiger partial charge in [-0.3, -0.25) is 9.51 Å². The van der Waals surface area contributed by atoms with Gasteiger partial charge in [-0.1, -0.05) is 31.3 Å². The zero-order valence-electron chi connectivity index (χ0n) is 20.5. The second-order valence-electron chi connectivity index (χ2n) is 11.1. The number of aromatic nitrogens is 6. The van der Waals surface area contributed by atoms with Gasteiger partial charge in [0.15, 0.2) is 17.1 Å². The fourth-order valence-corrected chi connectivity index (χ4v) is 5.84. The number of fused-ring (bicyclic) bond motifs is 1. The van der Waals surface area contributed by atoms with E-state index in [0.29, 0.717) is 42.0 Å². The van der Waals surface area contributed by atoms with Gasteiger partial charge in [0.25, 0.3) is 0 Å². The third-order valence-electron chi connectivity index (χ3n) is 8.60. The molecule has 10 heteroatoms. The van der Waals surface area contributed by atoms with E-state index in [0.717, 1.165) is 37.2 Å². The van der Waals surface area contributed by atoms with Gasteiger partial charge >= 0.3 is 5.76 Å². The molecule has 3 saturated carbocycles. The van der Waals surface area contributed by atoms with Crippen molar-refractivity contribution < 1.29 is 8.91 Å². The highest BCUT2D eigenvalue weighted by Gasteiger charge is 2.44. The van der Waals surface area contributed by atoms with Gasteiger partial charge in [-0.2, -0.15) is 0 Å². The van der Waals surface area contributed by atoms with Crippen LogP contribution in [0.3, 0.4) is 0 Å². The minimum absolute atomic E-state index is 0.146. The molecule has 0 unspecified atom stereocenters. The Morgan fingerprint density at radius 2 is 1.91 bits per heavy atom. The Labute approximate surface area is 203 Å². The summed E-state index contributed by atoms with van der Waals surface area (Å²) in [6.45, 7) is 5.20. The molecule has 3 heterocycles. The Morgan fingerprint density at radius 1 is 1.14 bits per heavy atom. The van der Waals surface area contributed by atoms with Crippen LogP contribution in [-0.2, 0) is 12.2 Å². The SMILES string of the molecule is CC1CCC(Cn2c(C3(F)CCC3)nc3nc(-c4noc(=O)[nH]4)nc(N[C@H](C)C4CCC4)c32)CC1. The average Bonchev–Trinajstić information content (AvgIpc) is 3.36. The zero-order chi connectivity index (χ0) is 24.2. The molecule has 0 aromatic carbocycles. The predicted octanol–water partition coefficient (Wildman–Crippen LogP) is 4.95. The van der Waals surface area contributed by atoms with Gasteiger partial charge in [0, 0.05) is 12.6 Å². The first-order valence-corrected chi connectivity index (χ1v) is 13.2. The number of anilines is 1. The van der Waals surface area contributed by atoms with E-state index in [2.05, 4.69) is 43.4 Å². The normalized spacial score (nSPS) is 25.2. The molecule has 35 heavy (non-hydrogen) atoms. The summed E-state index contributed by atoms with van der Waals surface area (Å²) >= 11 is 0. The van der Waals surface area contributed by atoms with Crippen molar-refractivity contribution in [2.24, 2.45) is 17.8 Å². The number of alkyl halides is 1. The quantitative estimate of drug-likeness (QED) is 0.489. The van der Waals surface area contributed by atoms with Gasteiger partial charge in [-0.25, -0.2) is 24.1 Å². The third-order valence-corrected chi connectivity index (χ3v) is 8.60. The number of rotatable bonds is 7. The number of H-pyrrole nitrogens is 1. The number of hydrogen-bond donors (Lipinski definition) is 2. The van der Waals surface area contributed by atoms with Crippen molar-refractivity contribution in [3.63, 3.8) is 0 Å². The van der Waals surface area contributed by atoms with Crippen LogP contribution in [-0.4, -0.2) is 35.7 Å². The minimum Gasteiger partial charge on any atom is -0.365 e. The van der Waals surface area contributed by atoms with Crippen LogP contribution in [0.15, 0.2) is 9.32 Å². The molecule has 1 atom stereocenters. The summed E-state index contributed by atoms with van der Waals surface area (Å²) in [5.41, 5.74) is -0.240. The zero-order valence-corrected chi connectivity index (χ0v) is 20.5. The van der Waals surface area contributed by atoms with Crippen LogP contribution in [0.5, 0.6) is 0 Å². The lowest BCUT2D eigenvalue weighted by Crippen LogP contribution is -2.34. The first kappa shape index (κ1) is 22.7. The maximum atomic E-state index is 15.9. The molecule has 2 N–H and O–H groups in total. The summed E-state index contributed by atoms with van der Waals surface area (Å²) in [5.74, 6) is 2.59. The Morgan fingerprint density at radius 3 is 2.51 bits per heavy atom. The number of imidazole rings is 1. The fourth-order valence-electron chi connectivity index (χ4n) is 5.84. The van der Waals surface area contributed by atoms with Crippen molar-refractivity contribution in [2.45, 2.75) is 96.3 Å². The van der Waals surface area contributed by atoms with Crippen molar-refractivity contribution in [1.82, 2.24) is 29.7 Å². The van der Waals surface area contributed by atoms with E-state index >= 15 is 4.39 Å². The number of nitrogens with zero attached hydrogens (tertiary/aromatic N) is 5. The predicted molar refractivity (Wildman–Crippen MR) is 130 cm³/mol. The average molecular weight is 484 g/mol. The second kappa shape index (κ2) is 8.71. The van der Waals surface area contributed by atoms with Gasteiger partial charge < -0.3 is 9.88 Å². The van der Waals surface area contributed by atoms with Gasteiger partial charge in [0.1, 0.15) is 11.3 Å². The largest absolute Gasteiger partial charge is 0.439 e. The second-order valence-corrected chi connectivity index (χ2v) is 11.1. The van der Waals surface area contributed by atoms with E-state index in [-0.39, 0.29) is 17.7 Å².